The molecule has 0 saturated heterocycles. The van der Waals surface area contributed by atoms with Gasteiger partial charge in [-0.25, -0.2) is 0 Å². The number of amides is 1. The summed E-state index contributed by atoms with van der Waals surface area (Å²) >= 11 is 1.67. The molecule has 18 heavy (non-hydrogen) atoms. The van der Waals surface area contributed by atoms with E-state index in [-0.39, 0.29) is 11.8 Å². The zero-order valence-electron chi connectivity index (χ0n) is 10.5. The standard InChI is InChI=1S/C15H19NOS/c1-2-9-16(11-13-8-10-18-12-13)15(17)14-6-4-3-5-7-14/h2-4,8,10,12,14H,1,5-7,9,11H2. The SMILES string of the molecule is C=CCN(Cc1ccsc1)C(=O)C1CC=CCC1. The molecule has 0 aromatic carbocycles. The average Bonchev–Trinajstić information content (AvgIpc) is 2.91. The summed E-state index contributed by atoms with van der Waals surface area (Å²) in [5.41, 5.74) is 1.21. The van der Waals surface area contributed by atoms with Crippen LogP contribution in [-0.2, 0) is 11.3 Å². The van der Waals surface area contributed by atoms with E-state index in [0.29, 0.717) is 13.1 Å². The minimum Gasteiger partial charge on any atom is -0.334 e. The van der Waals surface area contributed by atoms with Gasteiger partial charge < -0.3 is 4.90 Å². The lowest BCUT2D eigenvalue weighted by Gasteiger charge is -2.26. The molecule has 2 nitrogen and oxygen atoms in total. The van der Waals surface area contributed by atoms with E-state index in [1.807, 2.05) is 11.0 Å². The van der Waals surface area contributed by atoms with Gasteiger partial charge >= 0.3 is 0 Å². The molecule has 2 rings (SSSR count). The molecule has 96 valence electrons. The predicted octanol–water partition coefficient (Wildman–Crippen LogP) is 3.62. The Hall–Kier alpha value is -1.35. The highest BCUT2D eigenvalue weighted by Gasteiger charge is 2.23. The van der Waals surface area contributed by atoms with Crippen molar-refractivity contribution in [2.45, 2.75) is 25.8 Å². The maximum atomic E-state index is 12.5. The van der Waals surface area contributed by atoms with Crippen LogP contribution in [0.1, 0.15) is 24.8 Å². The Kier molecular flexibility index (Phi) is 4.76. The third-order valence-corrected chi connectivity index (χ3v) is 3.97. The number of nitrogens with zero attached hydrogens (tertiary/aromatic N) is 1. The summed E-state index contributed by atoms with van der Waals surface area (Å²) in [5.74, 6) is 0.430. The zero-order valence-corrected chi connectivity index (χ0v) is 11.4. The summed E-state index contributed by atoms with van der Waals surface area (Å²) in [6, 6.07) is 2.08. The van der Waals surface area contributed by atoms with Gasteiger partial charge in [0.15, 0.2) is 0 Å². The second-order valence-electron chi connectivity index (χ2n) is 4.62. The molecule has 0 spiro atoms. The van der Waals surface area contributed by atoms with Crippen molar-refractivity contribution in [2.24, 2.45) is 5.92 Å². The molecule has 1 aliphatic rings. The molecule has 1 amide bonds. The van der Waals surface area contributed by atoms with Crippen LogP contribution in [0.25, 0.3) is 0 Å². The number of thiophene rings is 1. The molecule has 1 heterocycles. The first-order valence-corrected chi connectivity index (χ1v) is 7.31. The fourth-order valence-corrected chi connectivity index (χ4v) is 2.93. The van der Waals surface area contributed by atoms with Crippen molar-refractivity contribution in [3.05, 3.63) is 47.2 Å². The zero-order chi connectivity index (χ0) is 12.8. The van der Waals surface area contributed by atoms with Gasteiger partial charge in [-0.3, -0.25) is 4.79 Å². The number of hydrogen-bond acceptors (Lipinski definition) is 2. The van der Waals surface area contributed by atoms with E-state index in [0.717, 1.165) is 19.3 Å². The Balaban J connectivity index is 2.01. The monoisotopic (exact) mass is 261 g/mol. The second-order valence-corrected chi connectivity index (χ2v) is 5.40. The summed E-state index contributed by atoms with van der Waals surface area (Å²) in [7, 11) is 0. The molecule has 0 radical (unpaired) electrons. The molecule has 1 unspecified atom stereocenters. The van der Waals surface area contributed by atoms with Gasteiger partial charge in [0.25, 0.3) is 0 Å². The molecular formula is C15H19NOS. The van der Waals surface area contributed by atoms with Crippen LogP contribution in [0.15, 0.2) is 41.6 Å². The third kappa shape index (κ3) is 3.33. The van der Waals surface area contributed by atoms with Crippen LogP contribution in [0.2, 0.25) is 0 Å². The Morgan fingerprint density at radius 3 is 3.06 bits per heavy atom. The Morgan fingerprint density at radius 1 is 1.56 bits per heavy atom. The summed E-state index contributed by atoms with van der Waals surface area (Å²) in [6.45, 7) is 5.09. The van der Waals surface area contributed by atoms with Gasteiger partial charge in [0, 0.05) is 19.0 Å². The van der Waals surface area contributed by atoms with Crippen molar-refractivity contribution in [3.8, 4) is 0 Å². The fraction of sp³-hybridized carbons (Fsp3) is 0.400. The topological polar surface area (TPSA) is 20.3 Å². The molecule has 0 fully saturated rings. The van der Waals surface area contributed by atoms with Crippen LogP contribution in [-0.4, -0.2) is 17.4 Å². The maximum Gasteiger partial charge on any atom is 0.226 e. The van der Waals surface area contributed by atoms with E-state index in [4.69, 9.17) is 0 Å². The maximum absolute atomic E-state index is 12.5. The van der Waals surface area contributed by atoms with Gasteiger partial charge in [-0.15, -0.1) is 6.58 Å². The van der Waals surface area contributed by atoms with Gasteiger partial charge in [0.2, 0.25) is 5.91 Å². The second kappa shape index (κ2) is 6.55. The highest BCUT2D eigenvalue weighted by Crippen LogP contribution is 2.22. The Morgan fingerprint density at radius 2 is 2.44 bits per heavy atom. The minimum atomic E-state index is 0.161. The van der Waals surface area contributed by atoms with Crippen molar-refractivity contribution in [2.75, 3.05) is 6.54 Å². The summed E-state index contributed by atoms with van der Waals surface area (Å²) < 4.78 is 0. The van der Waals surface area contributed by atoms with E-state index in [1.165, 1.54) is 5.56 Å². The van der Waals surface area contributed by atoms with Crippen LogP contribution in [0.5, 0.6) is 0 Å². The van der Waals surface area contributed by atoms with Crippen LogP contribution in [0.3, 0.4) is 0 Å². The average molecular weight is 261 g/mol. The number of hydrogen-bond donors (Lipinski definition) is 0. The van der Waals surface area contributed by atoms with Crippen molar-refractivity contribution in [1.29, 1.82) is 0 Å². The lowest BCUT2D eigenvalue weighted by atomic mass is 9.93. The number of rotatable bonds is 5. The van der Waals surface area contributed by atoms with Gasteiger partial charge in [-0.2, -0.15) is 11.3 Å². The lowest BCUT2D eigenvalue weighted by molar-refractivity contribution is -0.135. The van der Waals surface area contributed by atoms with Crippen LogP contribution in [0, 0.1) is 5.92 Å². The van der Waals surface area contributed by atoms with Crippen LogP contribution < -0.4 is 0 Å². The molecule has 3 heteroatoms. The van der Waals surface area contributed by atoms with Crippen LogP contribution >= 0.6 is 11.3 Å². The molecule has 0 bridgehead atoms. The smallest absolute Gasteiger partial charge is 0.226 e. The molecule has 1 atom stereocenters. The van der Waals surface area contributed by atoms with E-state index in [2.05, 4.69) is 35.6 Å². The van der Waals surface area contributed by atoms with Crippen molar-refractivity contribution in [3.63, 3.8) is 0 Å². The van der Waals surface area contributed by atoms with Crippen molar-refractivity contribution < 1.29 is 4.79 Å². The number of carbonyl (C=O) groups is 1. The first kappa shape index (κ1) is 13.1. The largest absolute Gasteiger partial charge is 0.334 e. The molecule has 1 aromatic heterocycles. The van der Waals surface area contributed by atoms with Gasteiger partial charge in [0.05, 0.1) is 0 Å². The highest BCUT2D eigenvalue weighted by molar-refractivity contribution is 7.07. The Labute approximate surface area is 113 Å². The number of carbonyl (C=O) groups excluding carboxylic acids is 1. The van der Waals surface area contributed by atoms with Gasteiger partial charge in [-0.1, -0.05) is 18.2 Å². The van der Waals surface area contributed by atoms with Crippen molar-refractivity contribution in [1.82, 2.24) is 4.90 Å². The van der Waals surface area contributed by atoms with E-state index >= 15 is 0 Å². The van der Waals surface area contributed by atoms with Crippen molar-refractivity contribution >= 4 is 17.2 Å². The molecule has 0 aliphatic heterocycles. The molecule has 0 saturated carbocycles. The normalized spacial score (nSPS) is 18.6. The molecule has 1 aliphatic carbocycles. The summed E-state index contributed by atoms with van der Waals surface area (Å²) in [5, 5.41) is 4.15. The van der Waals surface area contributed by atoms with E-state index in [9.17, 15) is 4.79 Å². The summed E-state index contributed by atoms with van der Waals surface area (Å²) in [6.07, 6.45) is 8.99. The molecule has 0 N–H and O–H groups in total. The van der Waals surface area contributed by atoms with E-state index < -0.39 is 0 Å². The number of allylic oxidation sites excluding steroid dienone is 2. The van der Waals surface area contributed by atoms with E-state index in [1.54, 1.807) is 11.3 Å². The predicted molar refractivity (Wildman–Crippen MR) is 76.4 cm³/mol. The first-order valence-electron chi connectivity index (χ1n) is 6.37. The Bertz CT molecular complexity index is 422. The molecular weight excluding hydrogens is 242 g/mol. The van der Waals surface area contributed by atoms with Crippen LogP contribution in [0.4, 0.5) is 0 Å². The lowest BCUT2D eigenvalue weighted by Crippen LogP contribution is -2.36. The first-order chi connectivity index (χ1) is 8.81. The highest BCUT2D eigenvalue weighted by atomic mass is 32.1. The fourth-order valence-electron chi connectivity index (χ4n) is 2.27. The molecule has 1 aromatic rings. The quantitative estimate of drug-likeness (QED) is 0.741. The van der Waals surface area contributed by atoms with Gasteiger partial charge in [0.1, 0.15) is 0 Å². The van der Waals surface area contributed by atoms with Gasteiger partial charge in [-0.05, 0) is 41.7 Å². The minimum absolute atomic E-state index is 0.161. The summed E-state index contributed by atoms with van der Waals surface area (Å²) in [4.78, 5) is 14.4. The third-order valence-electron chi connectivity index (χ3n) is 3.23.